The molecule has 1 saturated carbocycles. The number of esters is 1. The predicted octanol–water partition coefficient (Wildman–Crippen LogP) is 4.44. The highest BCUT2D eigenvalue weighted by Crippen LogP contribution is 2.37. The van der Waals surface area contributed by atoms with E-state index in [2.05, 4.69) is 56.9 Å². The third-order valence-electron chi connectivity index (χ3n) is 5.93. The van der Waals surface area contributed by atoms with Gasteiger partial charge >= 0.3 is 5.97 Å². The molecule has 1 aliphatic heterocycles. The number of hydrogen-bond acceptors (Lipinski definition) is 3. The van der Waals surface area contributed by atoms with Gasteiger partial charge in [0.2, 0.25) is 0 Å². The van der Waals surface area contributed by atoms with Crippen molar-refractivity contribution in [3.63, 3.8) is 0 Å². The highest BCUT2D eigenvalue weighted by Gasteiger charge is 2.46. The molecule has 2 fully saturated rings. The fraction of sp³-hybridized carbons (Fsp3) is 0.667. The second kappa shape index (κ2) is 7.26. The van der Waals surface area contributed by atoms with E-state index in [4.69, 9.17) is 4.74 Å². The minimum atomic E-state index is -0.0507. The predicted molar refractivity (Wildman–Crippen MR) is 96.6 cm³/mol. The molecule has 1 saturated heterocycles. The lowest BCUT2D eigenvalue weighted by molar-refractivity contribution is -0.156. The van der Waals surface area contributed by atoms with Gasteiger partial charge in [0.1, 0.15) is 12.1 Å². The lowest BCUT2D eigenvalue weighted by Gasteiger charge is -2.36. The lowest BCUT2D eigenvalue weighted by atomic mass is 9.75. The Balaban J connectivity index is 1.57. The summed E-state index contributed by atoms with van der Waals surface area (Å²) in [6.07, 6.45) is 3.58. The lowest BCUT2D eigenvalue weighted by Crippen LogP contribution is -2.37. The maximum Gasteiger partial charge on any atom is 0.325 e. The third kappa shape index (κ3) is 3.83. The van der Waals surface area contributed by atoms with Crippen LogP contribution in [0, 0.1) is 17.8 Å². The number of nitrogens with zero attached hydrogens (tertiary/aromatic N) is 1. The Labute approximate surface area is 146 Å². The van der Waals surface area contributed by atoms with Crippen LogP contribution in [0.3, 0.4) is 0 Å². The van der Waals surface area contributed by atoms with Crippen molar-refractivity contribution in [2.24, 2.45) is 17.8 Å². The molecule has 3 rings (SSSR count). The maximum atomic E-state index is 12.6. The molecule has 1 aliphatic carbocycles. The Morgan fingerprint density at radius 3 is 2.54 bits per heavy atom. The van der Waals surface area contributed by atoms with Gasteiger partial charge in [0.25, 0.3) is 0 Å². The number of carbonyl (C=O) groups is 1. The maximum absolute atomic E-state index is 12.6. The number of hydrogen-bond donors (Lipinski definition) is 0. The molecular weight excluding hydrogens is 298 g/mol. The number of ether oxygens (including phenoxy) is 1. The zero-order chi connectivity index (χ0) is 17.3. The smallest absolute Gasteiger partial charge is 0.325 e. The molecule has 1 aromatic carbocycles. The Morgan fingerprint density at radius 2 is 1.88 bits per heavy atom. The fourth-order valence-electron chi connectivity index (χ4n) is 4.19. The third-order valence-corrected chi connectivity index (χ3v) is 5.93. The zero-order valence-electron chi connectivity index (χ0n) is 15.4. The van der Waals surface area contributed by atoms with E-state index in [0.717, 1.165) is 13.0 Å². The van der Waals surface area contributed by atoms with Crippen molar-refractivity contribution in [1.82, 2.24) is 4.90 Å². The first-order valence-corrected chi connectivity index (χ1v) is 9.48. The molecule has 0 aromatic heterocycles. The molecule has 3 heteroatoms. The second-order valence-corrected chi connectivity index (χ2v) is 8.10. The average molecular weight is 329 g/mol. The van der Waals surface area contributed by atoms with Gasteiger partial charge in [0, 0.05) is 12.6 Å². The van der Waals surface area contributed by atoms with E-state index >= 15 is 0 Å². The molecule has 0 bridgehead atoms. The van der Waals surface area contributed by atoms with Gasteiger partial charge in [-0.3, -0.25) is 9.69 Å². The molecular formula is C21H31NO2. The van der Waals surface area contributed by atoms with Crippen LogP contribution in [0.1, 0.15) is 58.6 Å². The Morgan fingerprint density at radius 1 is 1.17 bits per heavy atom. The monoisotopic (exact) mass is 329 g/mol. The van der Waals surface area contributed by atoms with Crippen molar-refractivity contribution in [2.45, 2.75) is 65.1 Å². The Kier molecular flexibility index (Phi) is 5.29. The van der Waals surface area contributed by atoms with E-state index in [1.807, 2.05) is 6.07 Å². The van der Waals surface area contributed by atoms with Gasteiger partial charge in [0.05, 0.1) is 0 Å². The van der Waals surface area contributed by atoms with Crippen LogP contribution in [-0.2, 0) is 9.53 Å². The summed E-state index contributed by atoms with van der Waals surface area (Å²) in [5.74, 6) is 1.75. The van der Waals surface area contributed by atoms with Gasteiger partial charge in [-0.2, -0.15) is 0 Å². The fourth-order valence-corrected chi connectivity index (χ4v) is 4.19. The van der Waals surface area contributed by atoms with Crippen molar-refractivity contribution in [3.8, 4) is 0 Å². The molecule has 1 unspecified atom stereocenters. The topological polar surface area (TPSA) is 29.3 Å². The largest absolute Gasteiger partial charge is 0.461 e. The average Bonchev–Trinajstić information content (AvgIpc) is 3.35. The number of benzene rings is 1. The summed E-state index contributed by atoms with van der Waals surface area (Å²) < 4.78 is 6.00. The van der Waals surface area contributed by atoms with Crippen LogP contribution < -0.4 is 0 Å². The molecule has 1 heterocycles. The standard InChI is InChI=1S/C21H31NO2/c1-14(2)18-11-10-15(3)12-20(18)24-21(23)19-13-22(19)16(4)17-8-6-5-7-9-17/h5-9,14-16,18-20H,10-13H2,1-4H3/t15-,16+,18-,19-,20-,22?/m1/s1. The highest BCUT2D eigenvalue weighted by atomic mass is 16.5. The van der Waals surface area contributed by atoms with Gasteiger partial charge < -0.3 is 4.74 Å². The number of carbonyl (C=O) groups excluding carboxylic acids is 1. The van der Waals surface area contributed by atoms with E-state index in [0.29, 0.717) is 17.8 Å². The molecule has 2 aliphatic rings. The van der Waals surface area contributed by atoms with E-state index < -0.39 is 0 Å². The van der Waals surface area contributed by atoms with Gasteiger partial charge in [-0.25, -0.2) is 0 Å². The van der Waals surface area contributed by atoms with Gasteiger partial charge in [0.15, 0.2) is 0 Å². The van der Waals surface area contributed by atoms with Crippen LogP contribution in [0.5, 0.6) is 0 Å². The van der Waals surface area contributed by atoms with Crippen molar-refractivity contribution < 1.29 is 9.53 Å². The van der Waals surface area contributed by atoms with Crippen LogP contribution in [0.15, 0.2) is 30.3 Å². The quantitative estimate of drug-likeness (QED) is 0.591. The highest BCUT2D eigenvalue weighted by molar-refractivity contribution is 5.79. The summed E-state index contributed by atoms with van der Waals surface area (Å²) >= 11 is 0. The van der Waals surface area contributed by atoms with Crippen LogP contribution >= 0.6 is 0 Å². The normalized spacial score (nSPS) is 34.0. The van der Waals surface area contributed by atoms with Gasteiger partial charge in [-0.1, -0.05) is 57.5 Å². The number of rotatable bonds is 5. The van der Waals surface area contributed by atoms with Crippen LogP contribution in [-0.4, -0.2) is 29.6 Å². The summed E-state index contributed by atoms with van der Waals surface area (Å²) in [5, 5.41) is 0. The van der Waals surface area contributed by atoms with Crippen molar-refractivity contribution in [1.29, 1.82) is 0 Å². The SMILES string of the molecule is CC(C)[C@H]1CC[C@@H](C)C[C@H]1OC(=O)[C@H]1CN1[C@@H](C)c1ccccc1. The first-order valence-electron chi connectivity index (χ1n) is 9.48. The van der Waals surface area contributed by atoms with E-state index in [1.165, 1.54) is 18.4 Å². The van der Waals surface area contributed by atoms with Crippen molar-refractivity contribution in [2.75, 3.05) is 6.54 Å². The molecule has 3 nitrogen and oxygen atoms in total. The Bertz CT molecular complexity index is 556. The molecule has 0 radical (unpaired) electrons. The minimum absolute atomic E-state index is 0.0115. The molecule has 0 amide bonds. The summed E-state index contributed by atoms with van der Waals surface area (Å²) in [5.41, 5.74) is 1.26. The van der Waals surface area contributed by atoms with Crippen molar-refractivity contribution >= 4 is 5.97 Å². The zero-order valence-corrected chi connectivity index (χ0v) is 15.4. The van der Waals surface area contributed by atoms with Gasteiger partial charge in [-0.05, 0) is 43.1 Å². The van der Waals surface area contributed by atoms with E-state index in [-0.39, 0.29) is 24.2 Å². The van der Waals surface area contributed by atoms with Crippen LogP contribution in [0.4, 0.5) is 0 Å². The summed E-state index contributed by atoms with van der Waals surface area (Å²) in [6, 6.07) is 10.6. The molecule has 0 spiro atoms. The molecule has 1 aromatic rings. The molecule has 24 heavy (non-hydrogen) atoms. The van der Waals surface area contributed by atoms with Crippen LogP contribution in [0.2, 0.25) is 0 Å². The molecule has 0 N–H and O–H groups in total. The molecule has 132 valence electrons. The first kappa shape index (κ1) is 17.5. The Hall–Kier alpha value is -1.35. The second-order valence-electron chi connectivity index (χ2n) is 8.10. The minimum Gasteiger partial charge on any atom is -0.461 e. The van der Waals surface area contributed by atoms with Crippen molar-refractivity contribution in [3.05, 3.63) is 35.9 Å². The van der Waals surface area contributed by atoms with E-state index in [1.54, 1.807) is 0 Å². The summed E-state index contributed by atoms with van der Waals surface area (Å²) in [6.45, 7) is 9.77. The summed E-state index contributed by atoms with van der Waals surface area (Å²) in [7, 11) is 0. The first-order chi connectivity index (χ1) is 11.5. The van der Waals surface area contributed by atoms with Crippen LogP contribution in [0.25, 0.3) is 0 Å². The molecule has 6 atom stereocenters. The van der Waals surface area contributed by atoms with Gasteiger partial charge in [-0.15, -0.1) is 0 Å². The summed E-state index contributed by atoms with van der Waals surface area (Å²) in [4.78, 5) is 14.9. The van der Waals surface area contributed by atoms with E-state index in [9.17, 15) is 4.79 Å².